The number of aliphatic hydroxyl groups excluding tert-OH is 1. The zero-order valence-corrected chi connectivity index (χ0v) is 13.3. The SMILES string of the molecule is CCOC[C@H](O)CN1CCN(C(=O)Cc2cccs2)CC1. The number of piperazine rings is 1. The number of thiophene rings is 1. The molecule has 2 heterocycles. The molecular weight excluding hydrogens is 288 g/mol. The van der Waals surface area contributed by atoms with Crippen LogP contribution in [0.4, 0.5) is 0 Å². The van der Waals surface area contributed by atoms with E-state index in [1.807, 2.05) is 29.3 Å². The van der Waals surface area contributed by atoms with Crippen LogP contribution in [0.5, 0.6) is 0 Å². The van der Waals surface area contributed by atoms with Gasteiger partial charge in [0, 0.05) is 44.2 Å². The molecule has 0 bridgehead atoms. The molecule has 1 aliphatic heterocycles. The van der Waals surface area contributed by atoms with Crippen LogP contribution in [0.2, 0.25) is 0 Å². The summed E-state index contributed by atoms with van der Waals surface area (Å²) in [6.45, 7) is 6.67. The molecule has 5 nitrogen and oxygen atoms in total. The van der Waals surface area contributed by atoms with E-state index in [1.54, 1.807) is 11.3 Å². The van der Waals surface area contributed by atoms with Crippen molar-refractivity contribution in [2.75, 3.05) is 45.9 Å². The highest BCUT2D eigenvalue weighted by Gasteiger charge is 2.22. The minimum Gasteiger partial charge on any atom is -0.389 e. The number of aliphatic hydroxyl groups is 1. The summed E-state index contributed by atoms with van der Waals surface area (Å²) in [6.07, 6.45) is 0.0586. The summed E-state index contributed by atoms with van der Waals surface area (Å²) < 4.78 is 5.21. The molecule has 6 heteroatoms. The molecule has 0 saturated carbocycles. The van der Waals surface area contributed by atoms with Crippen molar-refractivity contribution in [2.45, 2.75) is 19.4 Å². The maximum atomic E-state index is 12.2. The van der Waals surface area contributed by atoms with Gasteiger partial charge in [-0.3, -0.25) is 9.69 Å². The molecule has 2 rings (SSSR count). The van der Waals surface area contributed by atoms with Crippen LogP contribution in [-0.2, 0) is 16.0 Å². The van der Waals surface area contributed by atoms with Crippen molar-refractivity contribution in [3.8, 4) is 0 Å². The zero-order chi connectivity index (χ0) is 15.1. The molecular formula is C15H24N2O3S. The highest BCUT2D eigenvalue weighted by atomic mass is 32.1. The topological polar surface area (TPSA) is 53.0 Å². The van der Waals surface area contributed by atoms with Crippen molar-refractivity contribution in [1.29, 1.82) is 0 Å². The summed E-state index contributed by atoms with van der Waals surface area (Å²) in [5, 5.41) is 11.8. The number of hydrogen-bond donors (Lipinski definition) is 1. The smallest absolute Gasteiger partial charge is 0.227 e. The van der Waals surface area contributed by atoms with E-state index in [2.05, 4.69) is 4.90 Å². The molecule has 1 N–H and O–H groups in total. The van der Waals surface area contributed by atoms with Gasteiger partial charge in [0.25, 0.3) is 0 Å². The van der Waals surface area contributed by atoms with E-state index in [0.29, 0.717) is 26.2 Å². The third-order valence-electron chi connectivity index (χ3n) is 3.61. The number of amides is 1. The Balaban J connectivity index is 1.69. The summed E-state index contributed by atoms with van der Waals surface area (Å²) >= 11 is 1.63. The molecule has 1 atom stereocenters. The fourth-order valence-corrected chi connectivity index (χ4v) is 3.15. The number of β-amino-alcohol motifs (C(OH)–C–C–N with tert-alkyl or cyclic N) is 1. The quantitative estimate of drug-likeness (QED) is 0.810. The third-order valence-corrected chi connectivity index (χ3v) is 4.49. The predicted octanol–water partition coefficient (Wildman–Crippen LogP) is 0.832. The van der Waals surface area contributed by atoms with Crippen LogP contribution in [0, 0.1) is 0 Å². The molecule has 1 fully saturated rings. The molecule has 0 aromatic carbocycles. The fraction of sp³-hybridized carbons (Fsp3) is 0.667. The number of carbonyl (C=O) groups is 1. The van der Waals surface area contributed by atoms with E-state index in [0.717, 1.165) is 31.1 Å². The minimum absolute atomic E-state index is 0.201. The molecule has 0 unspecified atom stereocenters. The van der Waals surface area contributed by atoms with E-state index in [4.69, 9.17) is 4.74 Å². The van der Waals surface area contributed by atoms with Crippen LogP contribution >= 0.6 is 11.3 Å². The Hall–Kier alpha value is -0.950. The van der Waals surface area contributed by atoms with Gasteiger partial charge in [0.2, 0.25) is 5.91 Å². The van der Waals surface area contributed by atoms with Gasteiger partial charge in [0.1, 0.15) is 0 Å². The molecule has 0 spiro atoms. The second-order valence-electron chi connectivity index (χ2n) is 5.25. The maximum absolute atomic E-state index is 12.2. The fourth-order valence-electron chi connectivity index (χ4n) is 2.46. The van der Waals surface area contributed by atoms with Crippen molar-refractivity contribution in [3.63, 3.8) is 0 Å². The molecule has 1 saturated heterocycles. The molecule has 118 valence electrons. The average Bonchev–Trinajstić information content (AvgIpc) is 2.98. The van der Waals surface area contributed by atoms with Gasteiger partial charge in [-0.2, -0.15) is 0 Å². The normalized spacial score (nSPS) is 17.9. The van der Waals surface area contributed by atoms with Crippen molar-refractivity contribution >= 4 is 17.2 Å². The predicted molar refractivity (Wildman–Crippen MR) is 83.5 cm³/mol. The van der Waals surface area contributed by atoms with Crippen LogP contribution in [0.1, 0.15) is 11.8 Å². The highest BCUT2D eigenvalue weighted by Crippen LogP contribution is 2.12. The van der Waals surface area contributed by atoms with E-state index < -0.39 is 6.10 Å². The van der Waals surface area contributed by atoms with Gasteiger partial charge in [-0.15, -0.1) is 11.3 Å². The van der Waals surface area contributed by atoms with Crippen LogP contribution in [0.3, 0.4) is 0 Å². The zero-order valence-electron chi connectivity index (χ0n) is 12.5. The number of nitrogens with zero attached hydrogens (tertiary/aromatic N) is 2. The summed E-state index contributed by atoms with van der Waals surface area (Å²) in [5.74, 6) is 0.201. The van der Waals surface area contributed by atoms with Crippen LogP contribution < -0.4 is 0 Å². The molecule has 0 aliphatic carbocycles. The molecule has 1 amide bonds. The first-order valence-electron chi connectivity index (χ1n) is 7.47. The molecule has 1 aromatic heterocycles. The van der Waals surface area contributed by atoms with E-state index >= 15 is 0 Å². The standard InChI is InChI=1S/C15H24N2O3S/c1-2-20-12-13(18)11-16-5-7-17(8-6-16)15(19)10-14-4-3-9-21-14/h3-4,9,13,18H,2,5-8,10-12H2,1H3/t13-/m1/s1. The first-order valence-corrected chi connectivity index (χ1v) is 8.35. The van der Waals surface area contributed by atoms with Gasteiger partial charge in [0.05, 0.1) is 19.1 Å². The summed E-state index contributed by atoms with van der Waals surface area (Å²) in [4.78, 5) is 17.4. The van der Waals surface area contributed by atoms with Gasteiger partial charge < -0.3 is 14.7 Å². The van der Waals surface area contributed by atoms with E-state index in [9.17, 15) is 9.90 Å². The molecule has 1 aromatic rings. The van der Waals surface area contributed by atoms with E-state index in [1.165, 1.54) is 0 Å². The number of hydrogen-bond acceptors (Lipinski definition) is 5. The lowest BCUT2D eigenvalue weighted by molar-refractivity contribution is -0.132. The van der Waals surface area contributed by atoms with E-state index in [-0.39, 0.29) is 5.91 Å². The first kappa shape index (κ1) is 16.4. The van der Waals surface area contributed by atoms with Crippen LogP contribution in [-0.4, -0.2) is 72.9 Å². The van der Waals surface area contributed by atoms with Crippen molar-refractivity contribution in [3.05, 3.63) is 22.4 Å². The highest BCUT2D eigenvalue weighted by molar-refractivity contribution is 7.10. The summed E-state index contributed by atoms with van der Waals surface area (Å²) in [6, 6.07) is 3.98. The summed E-state index contributed by atoms with van der Waals surface area (Å²) in [7, 11) is 0. The Morgan fingerprint density at radius 1 is 1.43 bits per heavy atom. The minimum atomic E-state index is -0.446. The Bertz CT molecular complexity index is 417. The number of ether oxygens (including phenoxy) is 1. The lowest BCUT2D eigenvalue weighted by Crippen LogP contribution is -2.51. The van der Waals surface area contributed by atoms with Gasteiger partial charge >= 0.3 is 0 Å². The Kier molecular flexibility index (Phi) is 6.63. The third kappa shape index (κ3) is 5.39. The maximum Gasteiger partial charge on any atom is 0.227 e. The van der Waals surface area contributed by atoms with Crippen LogP contribution in [0.15, 0.2) is 17.5 Å². The van der Waals surface area contributed by atoms with Gasteiger partial charge in [0.15, 0.2) is 0 Å². The van der Waals surface area contributed by atoms with Gasteiger partial charge in [-0.05, 0) is 18.4 Å². The molecule has 21 heavy (non-hydrogen) atoms. The second-order valence-corrected chi connectivity index (χ2v) is 6.28. The Labute approximate surface area is 130 Å². The molecule has 1 aliphatic rings. The number of rotatable bonds is 7. The lowest BCUT2D eigenvalue weighted by atomic mass is 10.2. The van der Waals surface area contributed by atoms with Crippen molar-refractivity contribution in [1.82, 2.24) is 9.80 Å². The molecule has 0 radical (unpaired) electrons. The second kappa shape index (κ2) is 8.48. The Morgan fingerprint density at radius 3 is 2.81 bits per heavy atom. The first-order chi connectivity index (χ1) is 10.2. The lowest BCUT2D eigenvalue weighted by Gasteiger charge is -2.35. The Morgan fingerprint density at radius 2 is 2.19 bits per heavy atom. The monoisotopic (exact) mass is 312 g/mol. The average molecular weight is 312 g/mol. The van der Waals surface area contributed by atoms with Gasteiger partial charge in [-0.1, -0.05) is 6.07 Å². The number of carbonyl (C=O) groups excluding carboxylic acids is 1. The summed E-state index contributed by atoms with van der Waals surface area (Å²) in [5.41, 5.74) is 0. The van der Waals surface area contributed by atoms with Crippen LogP contribution in [0.25, 0.3) is 0 Å². The van der Waals surface area contributed by atoms with Gasteiger partial charge in [-0.25, -0.2) is 0 Å². The van der Waals surface area contributed by atoms with Crippen molar-refractivity contribution in [2.24, 2.45) is 0 Å². The van der Waals surface area contributed by atoms with Crippen molar-refractivity contribution < 1.29 is 14.6 Å². The largest absolute Gasteiger partial charge is 0.389 e.